The number of alkyl halides is 3. The van der Waals surface area contributed by atoms with Crippen molar-refractivity contribution in [3.63, 3.8) is 0 Å². The van der Waals surface area contributed by atoms with E-state index in [-0.39, 0.29) is 12.0 Å². The molecular weight excluding hydrogens is 419 g/mol. The minimum absolute atomic E-state index is 0.0590. The monoisotopic (exact) mass is 445 g/mol. The lowest BCUT2D eigenvalue weighted by Gasteiger charge is -2.35. The number of halogens is 3. The van der Waals surface area contributed by atoms with E-state index in [0.717, 1.165) is 51.3 Å². The Hall–Kier alpha value is -2.24. The van der Waals surface area contributed by atoms with Crippen LogP contribution in [0.15, 0.2) is 24.4 Å². The first kappa shape index (κ1) is 23.4. The Kier molecular flexibility index (Phi) is 7.84. The molecular formula is C20H26F3N3O5. The molecule has 0 aromatic carbocycles. The molecule has 11 heteroatoms. The zero-order valence-corrected chi connectivity index (χ0v) is 17.0. The SMILES string of the molecule is O=C(C[C@H]1OC[C@H]2CN(Cc3ccccn3)CC[C@H]21)N1CCCO1.O=C(O)C(F)(F)F. The maximum atomic E-state index is 12.3. The van der Waals surface area contributed by atoms with Gasteiger partial charge >= 0.3 is 12.1 Å². The summed E-state index contributed by atoms with van der Waals surface area (Å²) in [5.41, 5.74) is 1.12. The number of ether oxygens (including phenoxy) is 1. The van der Waals surface area contributed by atoms with Crippen molar-refractivity contribution < 1.29 is 37.4 Å². The highest BCUT2D eigenvalue weighted by Gasteiger charge is 2.42. The van der Waals surface area contributed by atoms with Crippen molar-refractivity contribution >= 4 is 11.9 Å². The predicted molar refractivity (Wildman–Crippen MR) is 101 cm³/mol. The molecule has 3 fully saturated rings. The van der Waals surface area contributed by atoms with Crippen LogP contribution in [0.2, 0.25) is 0 Å². The van der Waals surface area contributed by atoms with Crippen molar-refractivity contribution in [1.29, 1.82) is 0 Å². The third-order valence-corrected chi connectivity index (χ3v) is 5.64. The number of carboxylic acid groups (broad SMARTS) is 1. The highest BCUT2D eigenvalue weighted by molar-refractivity contribution is 5.75. The quantitative estimate of drug-likeness (QED) is 0.759. The molecule has 172 valence electrons. The number of carbonyl (C=O) groups is 2. The highest BCUT2D eigenvalue weighted by atomic mass is 19.4. The number of hydrogen-bond acceptors (Lipinski definition) is 6. The maximum absolute atomic E-state index is 12.3. The van der Waals surface area contributed by atoms with Gasteiger partial charge in [0.05, 0.1) is 38.0 Å². The van der Waals surface area contributed by atoms with Crippen LogP contribution in [0.1, 0.15) is 25.0 Å². The Morgan fingerprint density at radius 3 is 2.65 bits per heavy atom. The third kappa shape index (κ3) is 6.62. The first-order chi connectivity index (χ1) is 14.7. The highest BCUT2D eigenvalue weighted by Crippen LogP contribution is 2.36. The topological polar surface area (TPSA) is 92.2 Å². The lowest BCUT2D eigenvalue weighted by Crippen LogP contribution is -2.42. The number of amides is 1. The molecule has 0 radical (unpaired) electrons. The van der Waals surface area contributed by atoms with Gasteiger partial charge in [0.1, 0.15) is 0 Å². The molecule has 0 bridgehead atoms. The number of nitrogens with zero attached hydrogens (tertiary/aromatic N) is 3. The van der Waals surface area contributed by atoms with Crippen molar-refractivity contribution in [2.75, 3.05) is 32.8 Å². The molecule has 31 heavy (non-hydrogen) atoms. The summed E-state index contributed by atoms with van der Waals surface area (Å²) < 4.78 is 37.7. The summed E-state index contributed by atoms with van der Waals surface area (Å²) in [5.74, 6) is -1.65. The van der Waals surface area contributed by atoms with E-state index in [4.69, 9.17) is 19.5 Å². The van der Waals surface area contributed by atoms with Gasteiger partial charge in [0.15, 0.2) is 0 Å². The molecule has 8 nitrogen and oxygen atoms in total. The van der Waals surface area contributed by atoms with E-state index in [1.54, 1.807) is 0 Å². The Morgan fingerprint density at radius 2 is 2.03 bits per heavy atom. The summed E-state index contributed by atoms with van der Waals surface area (Å²) in [4.78, 5) is 33.4. The van der Waals surface area contributed by atoms with Crippen LogP contribution >= 0.6 is 0 Å². The molecule has 1 aromatic heterocycles. The molecule has 4 rings (SSSR count). The Morgan fingerprint density at radius 1 is 1.26 bits per heavy atom. The summed E-state index contributed by atoms with van der Waals surface area (Å²) in [5, 5.41) is 8.65. The van der Waals surface area contributed by atoms with Crippen molar-refractivity contribution in [2.24, 2.45) is 11.8 Å². The molecule has 1 aromatic rings. The molecule has 0 saturated carbocycles. The molecule has 3 aliphatic rings. The van der Waals surface area contributed by atoms with Crippen LogP contribution in [0, 0.1) is 11.8 Å². The first-order valence-electron chi connectivity index (χ1n) is 10.2. The summed E-state index contributed by atoms with van der Waals surface area (Å²) >= 11 is 0. The number of carbonyl (C=O) groups excluding carboxylic acids is 1. The zero-order valence-electron chi connectivity index (χ0n) is 17.0. The number of pyridine rings is 1. The molecule has 3 aliphatic heterocycles. The Balaban J connectivity index is 0.000000339. The number of likely N-dealkylation sites (tertiary alicyclic amines) is 1. The third-order valence-electron chi connectivity index (χ3n) is 5.64. The Bertz CT molecular complexity index is 743. The van der Waals surface area contributed by atoms with Gasteiger partial charge in [-0.15, -0.1) is 0 Å². The molecule has 4 heterocycles. The number of hydroxylamine groups is 2. The summed E-state index contributed by atoms with van der Waals surface area (Å²) in [6, 6.07) is 6.07. The Labute approximate surface area is 177 Å². The van der Waals surface area contributed by atoms with Gasteiger partial charge in [0, 0.05) is 25.2 Å². The van der Waals surface area contributed by atoms with E-state index in [9.17, 15) is 18.0 Å². The van der Waals surface area contributed by atoms with Crippen LogP contribution in [0.25, 0.3) is 0 Å². The average Bonchev–Trinajstić information content (AvgIpc) is 3.39. The lowest BCUT2D eigenvalue weighted by atomic mass is 9.83. The molecule has 3 saturated heterocycles. The standard InChI is InChI=1S/C18H25N3O3.C2HF3O2/c22-18(21-7-3-9-24-21)10-17-16-5-8-20(11-14(16)13-23-17)12-15-4-1-2-6-19-15;3-2(4,5)1(6)7/h1-2,4,6,14,16-17H,3,5,7-13H2;(H,6,7)/t14-,16-,17-;/m1./s1. The normalized spacial score (nSPS) is 26.2. The fraction of sp³-hybridized carbons (Fsp3) is 0.650. The molecule has 1 N–H and O–H groups in total. The van der Waals surface area contributed by atoms with E-state index in [2.05, 4.69) is 16.0 Å². The second kappa shape index (κ2) is 10.4. The van der Waals surface area contributed by atoms with Crippen LogP contribution in [0.5, 0.6) is 0 Å². The van der Waals surface area contributed by atoms with E-state index < -0.39 is 12.1 Å². The van der Waals surface area contributed by atoms with Crippen molar-refractivity contribution in [3.8, 4) is 0 Å². The number of fused-ring (bicyclic) bond motifs is 1. The first-order valence-corrected chi connectivity index (χ1v) is 10.2. The number of aromatic nitrogens is 1. The van der Waals surface area contributed by atoms with E-state index in [1.165, 1.54) is 5.06 Å². The van der Waals surface area contributed by atoms with Gasteiger partial charge < -0.3 is 9.84 Å². The van der Waals surface area contributed by atoms with Crippen LogP contribution in [-0.4, -0.2) is 77.1 Å². The lowest BCUT2D eigenvalue weighted by molar-refractivity contribution is -0.192. The zero-order chi connectivity index (χ0) is 22.4. The van der Waals surface area contributed by atoms with E-state index in [0.29, 0.717) is 24.9 Å². The van der Waals surface area contributed by atoms with E-state index >= 15 is 0 Å². The van der Waals surface area contributed by atoms with Crippen molar-refractivity contribution in [3.05, 3.63) is 30.1 Å². The summed E-state index contributed by atoms with van der Waals surface area (Å²) in [6.45, 7) is 5.12. The number of rotatable bonds is 4. The van der Waals surface area contributed by atoms with E-state index in [1.807, 2.05) is 18.3 Å². The van der Waals surface area contributed by atoms with Crippen molar-refractivity contribution in [1.82, 2.24) is 14.9 Å². The second-order valence-electron chi connectivity index (χ2n) is 7.83. The number of piperidine rings is 1. The molecule has 0 unspecified atom stereocenters. The van der Waals surface area contributed by atoms with Gasteiger partial charge in [-0.1, -0.05) is 6.07 Å². The minimum Gasteiger partial charge on any atom is -0.475 e. The average molecular weight is 445 g/mol. The van der Waals surface area contributed by atoms with Gasteiger partial charge in [0.25, 0.3) is 0 Å². The molecule has 3 atom stereocenters. The fourth-order valence-corrected chi connectivity index (χ4v) is 4.15. The number of hydrogen-bond donors (Lipinski definition) is 1. The van der Waals surface area contributed by atoms with Gasteiger partial charge in [-0.05, 0) is 37.4 Å². The fourth-order valence-electron chi connectivity index (χ4n) is 4.15. The molecule has 0 spiro atoms. The molecule has 0 aliphatic carbocycles. The smallest absolute Gasteiger partial charge is 0.475 e. The van der Waals surface area contributed by atoms with Crippen LogP contribution < -0.4 is 0 Å². The minimum atomic E-state index is -5.08. The number of carboxylic acids is 1. The van der Waals surface area contributed by atoms with Gasteiger partial charge in [-0.2, -0.15) is 13.2 Å². The van der Waals surface area contributed by atoms with Gasteiger partial charge in [-0.3, -0.25) is 19.5 Å². The second-order valence-corrected chi connectivity index (χ2v) is 7.83. The maximum Gasteiger partial charge on any atom is 0.490 e. The van der Waals surface area contributed by atoms with Crippen LogP contribution in [0.4, 0.5) is 13.2 Å². The number of aliphatic carboxylic acids is 1. The predicted octanol–water partition coefficient (Wildman–Crippen LogP) is 2.11. The van der Waals surface area contributed by atoms with Crippen LogP contribution in [-0.2, 0) is 25.7 Å². The van der Waals surface area contributed by atoms with Crippen molar-refractivity contribution in [2.45, 2.75) is 38.1 Å². The summed E-state index contributed by atoms with van der Waals surface area (Å²) in [7, 11) is 0. The largest absolute Gasteiger partial charge is 0.490 e. The molecule has 1 amide bonds. The van der Waals surface area contributed by atoms with Crippen LogP contribution in [0.3, 0.4) is 0 Å². The van der Waals surface area contributed by atoms with Gasteiger partial charge in [0.2, 0.25) is 5.91 Å². The van der Waals surface area contributed by atoms with Gasteiger partial charge in [-0.25, -0.2) is 9.86 Å². The summed E-state index contributed by atoms with van der Waals surface area (Å²) in [6.07, 6.45) is -0.685.